The van der Waals surface area contributed by atoms with Gasteiger partial charge in [-0.05, 0) is 65.2 Å². The quantitative estimate of drug-likeness (QED) is 0.223. The molecule has 2 aromatic rings. The van der Waals surface area contributed by atoms with E-state index in [0.717, 1.165) is 23.6 Å². The van der Waals surface area contributed by atoms with E-state index >= 15 is 0 Å². The van der Waals surface area contributed by atoms with Crippen LogP contribution in [0.15, 0.2) is 48.5 Å². The second-order valence-corrected chi connectivity index (χ2v) is 9.84. The summed E-state index contributed by atoms with van der Waals surface area (Å²) in [6.45, 7) is 5.14. The summed E-state index contributed by atoms with van der Waals surface area (Å²) in [7, 11) is 3.27. The highest BCUT2D eigenvalue weighted by Crippen LogP contribution is 2.15. The highest BCUT2D eigenvalue weighted by atomic mass is 79.9. The van der Waals surface area contributed by atoms with Crippen LogP contribution in [0.1, 0.15) is 25.0 Å². The Bertz CT molecular complexity index is 885. The molecule has 37 heavy (non-hydrogen) atoms. The van der Waals surface area contributed by atoms with Crippen LogP contribution in [0.2, 0.25) is 0 Å². The maximum Gasteiger partial charge on any atom is 0.233 e. The molecule has 0 aromatic heterocycles. The van der Waals surface area contributed by atoms with Crippen molar-refractivity contribution in [1.29, 1.82) is 0 Å². The van der Waals surface area contributed by atoms with Crippen molar-refractivity contribution < 1.29 is 29.3 Å². The maximum atomic E-state index is 11.8. The van der Waals surface area contributed by atoms with E-state index in [2.05, 4.69) is 53.1 Å². The lowest BCUT2D eigenvalue weighted by Gasteiger charge is -2.27. The number of nitrogens with one attached hydrogen (secondary N) is 1. The Balaban J connectivity index is 0.000000605. The lowest BCUT2D eigenvalue weighted by molar-refractivity contribution is -0.131. The Kier molecular flexibility index (Phi) is 20.6. The largest absolute Gasteiger partial charge is 0.497 e. The summed E-state index contributed by atoms with van der Waals surface area (Å²) in [6, 6.07) is 15.4. The Morgan fingerprint density at radius 2 is 1.32 bits per heavy atom. The Labute approximate surface area is 245 Å². The lowest BCUT2D eigenvalue weighted by atomic mass is 10.1. The van der Waals surface area contributed by atoms with Gasteiger partial charge in [-0.2, -0.15) is 0 Å². The minimum Gasteiger partial charge on any atom is -0.497 e. The summed E-state index contributed by atoms with van der Waals surface area (Å²) in [4.78, 5) is 23.1. The highest BCUT2D eigenvalue weighted by Gasteiger charge is 2.18. The van der Waals surface area contributed by atoms with Gasteiger partial charge >= 0.3 is 0 Å². The fourth-order valence-corrected chi connectivity index (χ4v) is 3.01. The fraction of sp³-hybridized carbons (Fsp3) is 0.462. The molecule has 11 heteroatoms. The molecule has 2 aromatic carbocycles. The summed E-state index contributed by atoms with van der Waals surface area (Å²) in [5.41, 5.74) is 2.19. The molecule has 2 atom stereocenters. The summed E-state index contributed by atoms with van der Waals surface area (Å²) in [6.07, 6.45) is 0. The third-order valence-corrected chi connectivity index (χ3v) is 6.96. The topological polar surface area (TPSA) is 108 Å². The van der Waals surface area contributed by atoms with Crippen LogP contribution in [-0.4, -0.2) is 75.9 Å². The average Bonchev–Trinajstić information content (AvgIpc) is 2.94. The number of hydrogen-bond acceptors (Lipinski definition) is 7. The van der Waals surface area contributed by atoms with Crippen LogP contribution in [0, 0.1) is 0 Å². The zero-order valence-electron chi connectivity index (χ0n) is 21.6. The van der Waals surface area contributed by atoms with Crippen LogP contribution in [0.5, 0.6) is 11.5 Å². The van der Waals surface area contributed by atoms with Crippen molar-refractivity contribution in [3.63, 3.8) is 0 Å². The summed E-state index contributed by atoms with van der Waals surface area (Å²) in [5, 5.41) is 21.8. The van der Waals surface area contributed by atoms with Crippen molar-refractivity contribution in [2.24, 2.45) is 0 Å². The normalized spacial score (nSPS) is 11.6. The van der Waals surface area contributed by atoms with Gasteiger partial charge < -0.3 is 29.9 Å². The zero-order valence-corrected chi connectivity index (χ0v) is 26.4. The van der Waals surface area contributed by atoms with Crippen molar-refractivity contribution in [3.8, 4) is 11.5 Å². The summed E-state index contributed by atoms with van der Waals surface area (Å²) in [5.74, 6) is 1.61. The number of aliphatic hydroxyl groups is 2. The van der Waals surface area contributed by atoms with Gasteiger partial charge in [-0.25, -0.2) is 0 Å². The van der Waals surface area contributed by atoms with E-state index in [1.54, 1.807) is 19.1 Å². The van der Waals surface area contributed by atoms with Crippen LogP contribution in [0.4, 0.5) is 0 Å². The number of methoxy groups -OCH3 is 2. The molecule has 0 saturated heterocycles. The molecule has 0 saturated carbocycles. The van der Waals surface area contributed by atoms with E-state index in [1.165, 1.54) is 5.56 Å². The van der Waals surface area contributed by atoms with Crippen molar-refractivity contribution in [2.75, 3.05) is 38.1 Å². The number of amides is 1. The van der Waals surface area contributed by atoms with Crippen LogP contribution in [0.25, 0.3) is 0 Å². The molecule has 2 rings (SSSR count). The lowest BCUT2D eigenvalue weighted by Crippen LogP contribution is -2.40. The molecule has 2 unspecified atom stereocenters. The van der Waals surface area contributed by atoms with Gasteiger partial charge in [0.2, 0.25) is 10.6 Å². The first-order valence-electron chi connectivity index (χ1n) is 11.5. The van der Waals surface area contributed by atoms with E-state index in [1.807, 2.05) is 62.4 Å². The van der Waals surface area contributed by atoms with E-state index < -0.39 is 0 Å². The second kappa shape index (κ2) is 21.4. The zero-order chi connectivity index (χ0) is 28.2. The van der Waals surface area contributed by atoms with Crippen LogP contribution >= 0.6 is 47.8 Å². The number of ether oxygens (including phenoxy) is 2. The highest BCUT2D eigenvalue weighted by molar-refractivity contribution is 9.19. The van der Waals surface area contributed by atoms with Crippen LogP contribution in [-0.2, 0) is 22.7 Å². The summed E-state index contributed by atoms with van der Waals surface area (Å²) < 4.78 is 10.1. The van der Waals surface area contributed by atoms with Gasteiger partial charge in [0.1, 0.15) is 11.5 Å². The first-order valence-corrected chi connectivity index (χ1v) is 14.5. The minimum absolute atomic E-state index is 0.0162. The van der Waals surface area contributed by atoms with Crippen LogP contribution in [0.3, 0.4) is 0 Å². The molecule has 1 amide bonds. The maximum absolute atomic E-state index is 11.8. The van der Waals surface area contributed by atoms with Crippen molar-refractivity contribution in [1.82, 2.24) is 10.2 Å². The number of carbonyl (C=O) groups is 2. The van der Waals surface area contributed by atoms with Crippen molar-refractivity contribution >= 4 is 58.4 Å². The van der Waals surface area contributed by atoms with Gasteiger partial charge in [0.15, 0.2) is 0 Å². The number of aliphatic hydroxyl groups excluding tert-OH is 2. The molecule has 0 bridgehead atoms. The Morgan fingerprint density at radius 3 is 1.68 bits per heavy atom. The van der Waals surface area contributed by atoms with Crippen molar-refractivity contribution in [2.45, 2.75) is 39.0 Å². The molecular formula is C26H37Br3N2O6. The average molecular weight is 713 g/mol. The molecule has 0 fully saturated rings. The van der Waals surface area contributed by atoms with Gasteiger partial charge in [-0.3, -0.25) is 9.59 Å². The van der Waals surface area contributed by atoms with Gasteiger partial charge in [0.25, 0.3) is 0 Å². The molecule has 0 aliphatic rings. The summed E-state index contributed by atoms with van der Waals surface area (Å²) >= 11 is 8.76. The van der Waals surface area contributed by atoms with Gasteiger partial charge in [-0.15, -0.1) is 0 Å². The number of rotatable bonds is 12. The predicted octanol–water partition coefficient (Wildman–Crippen LogP) is 4.27. The van der Waals surface area contributed by atoms with E-state index in [4.69, 9.17) is 14.6 Å². The SMILES string of the molecule is COc1ccc(CN(C(=O)CBr)C(C)CO)cc1.COc1ccc(CNC(C)CO)cc1.O=C(Br)CBr. The molecule has 0 radical (unpaired) electrons. The molecule has 8 nitrogen and oxygen atoms in total. The van der Waals surface area contributed by atoms with Crippen LogP contribution < -0.4 is 14.8 Å². The molecule has 0 spiro atoms. The number of benzene rings is 2. The third-order valence-electron chi connectivity index (χ3n) is 4.94. The molecule has 0 aliphatic heterocycles. The number of hydrogen-bond donors (Lipinski definition) is 3. The van der Waals surface area contributed by atoms with Gasteiger partial charge in [0.05, 0.1) is 44.1 Å². The number of carbonyl (C=O) groups excluding carboxylic acids is 2. The van der Waals surface area contributed by atoms with E-state index in [0.29, 0.717) is 11.9 Å². The predicted molar refractivity (Wildman–Crippen MR) is 158 cm³/mol. The first kappa shape index (κ1) is 35.5. The van der Waals surface area contributed by atoms with E-state index in [-0.39, 0.29) is 41.2 Å². The smallest absolute Gasteiger partial charge is 0.233 e. The number of nitrogens with zero attached hydrogens (tertiary/aromatic N) is 1. The molecule has 0 aliphatic carbocycles. The Morgan fingerprint density at radius 1 is 0.865 bits per heavy atom. The molecule has 3 N–H and O–H groups in total. The first-order chi connectivity index (χ1) is 17.6. The fourth-order valence-electron chi connectivity index (χ4n) is 2.69. The van der Waals surface area contributed by atoms with E-state index in [9.17, 15) is 14.7 Å². The standard InChI is InChI=1S/C13H18BrNO3.C11H17NO2.C2H2Br2O/c1-10(9-16)15(13(17)7-14)8-11-3-5-12(18-2)6-4-11;1-9(8-13)12-7-10-3-5-11(14-2)6-4-10;3-1-2(4)5/h3-6,10,16H,7-9H2,1-2H3;3-6,9,12-13H,7-8H2,1-2H3;1H2. The molecule has 0 heterocycles. The Hall–Kier alpha value is -1.50. The molecular weight excluding hydrogens is 676 g/mol. The van der Waals surface area contributed by atoms with Crippen molar-refractivity contribution in [3.05, 3.63) is 59.7 Å². The third kappa shape index (κ3) is 16.2. The van der Waals surface area contributed by atoms with Gasteiger partial charge in [-0.1, -0.05) is 56.1 Å². The second-order valence-electron chi connectivity index (χ2n) is 7.84. The minimum atomic E-state index is -0.197. The van der Waals surface area contributed by atoms with Gasteiger partial charge in [0, 0.05) is 19.1 Å². The number of halogens is 3. The number of alkyl halides is 2. The molecule has 208 valence electrons. The monoisotopic (exact) mass is 710 g/mol.